The average Bonchev–Trinajstić information content (AvgIpc) is 3.06. The summed E-state index contributed by atoms with van der Waals surface area (Å²) in [6, 6.07) is 10.3. The van der Waals surface area contributed by atoms with E-state index in [1.165, 1.54) is 5.56 Å². The van der Waals surface area contributed by atoms with Crippen molar-refractivity contribution in [3.05, 3.63) is 53.3 Å². The molecular weight excluding hydrogens is 336 g/mol. The predicted octanol–water partition coefficient (Wildman–Crippen LogP) is 2.61. The number of hydrogen-bond acceptors (Lipinski definition) is 3. The highest BCUT2D eigenvalue weighted by atomic mass is 35.5. The van der Waals surface area contributed by atoms with Gasteiger partial charge in [0.15, 0.2) is 0 Å². The zero-order valence-electron chi connectivity index (χ0n) is 14.4. The number of nitrogens with zero attached hydrogens (tertiary/aromatic N) is 3. The fourth-order valence-electron chi connectivity index (χ4n) is 3.24. The van der Waals surface area contributed by atoms with Gasteiger partial charge in [0, 0.05) is 25.2 Å². The Morgan fingerprint density at radius 3 is 2.64 bits per heavy atom. The first kappa shape index (κ1) is 18.0. The second-order valence-electron chi connectivity index (χ2n) is 6.56. The molecule has 134 valence electrons. The molecule has 0 saturated carbocycles. The number of halogens is 1. The number of amides is 1. The molecular formula is C19H25ClN4O. The second kappa shape index (κ2) is 9.02. The SMILES string of the molecule is O=C(NCCc1ccccc1)C1CCN(CCn2cc(Cl)cn2)CC1. The van der Waals surface area contributed by atoms with Crippen LogP contribution in [0.1, 0.15) is 18.4 Å². The van der Waals surface area contributed by atoms with Crippen molar-refractivity contribution in [3.63, 3.8) is 0 Å². The number of aromatic nitrogens is 2. The van der Waals surface area contributed by atoms with E-state index in [4.69, 9.17) is 11.6 Å². The first-order chi connectivity index (χ1) is 12.2. The Bertz CT molecular complexity index is 665. The molecule has 0 spiro atoms. The molecule has 1 saturated heterocycles. The van der Waals surface area contributed by atoms with Crippen LogP contribution in [0.25, 0.3) is 0 Å². The second-order valence-corrected chi connectivity index (χ2v) is 7.00. The van der Waals surface area contributed by atoms with Gasteiger partial charge in [0.25, 0.3) is 0 Å². The number of piperidine rings is 1. The number of rotatable bonds is 7. The van der Waals surface area contributed by atoms with Crippen LogP contribution in [0.2, 0.25) is 5.02 Å². The maximum absolute atomic E-state index is 12.3. The van der Waals surface area contributed by atoms with Crippen LogP contribution in [-0.4, -0.2) is 46.8 Å². The summed E-state index contributed by atoms with van der Waals surface area (Å²) in [7, 11) is 0. The van der Waals surface area contributed by atoms with E-state index < -0.39 is 0 Å². The minimum Gasteiger partial charge on any atom is -0.356 e. The third kappa shape index (κ3) is 5.58. The van der Waals surface area contributed by atoms with Crippen molar-refractivity contribution in [1.82, 2.24) is 20.0 Å². The molecule has 1 aliphatic heterocycles. The van der Waals surface area contributed by atoms with Gasteiger partial charge < -0.3 is 10.2 Å². The van der Waals surface area contributed by atoms with E-state index in [1.54, 1.807) is 6.20 Å². The highest BCUT2D eigenvalue weighted by molar-refractivity contribution is 6.30. The Hall–Kier alpha value is -1.85. The molecule has 1 N–H and O–H groups in total. The quantitative estimate of drug-likeness (QED) is 0.825. The van der Waals surface area contributed by atoms with Gasteiger partial charge in [-0.05, 0) is 37.9 Å². The van der Waals surface area contributed by atoms with Crippen molar-refractivity contribution >= 4 is 17.5 Å². The Morgan fingerprint density at radius 2 is 1.96 bits per heavy atom. The molecule has 0 atom stereocenters. The van der Waals surface area contributed by atoms with Gasteiger partial charge in [0.05, 0.1) is 17.8 Å². The van der Waals surface area contributed by atoms with Gasteiger partial charge in [-0.25, -0.2) is 0 Å². The van der Waals surface area contributed by atoms with Crippen LogP contribution in [0.15, 0.2) is 42.7 Å². The molecule has 6 heteroatoms. The van der Waals surface area contributed by atoms with E-state index in [-0.39, 0.29) is 11.8 Å². The highest BCUT2D eigenvalue weighted by Gasteiger charge is 2.24. The van der Waals surface area contributed by atoms with Gasteiger partial charge in [-0.3, -0.25) is 9.48 Å². The molecule has 0 bridgehead atoms. The van der Waals surface area contributed by atoms with Gasteiger partial charge in [-0.15, -0.1) is 0 Å². The molecule has 1 aromatic carbocycles. The number of likely N-dealkylation sites (tertiary alicyclic amines) is 1. The summed E-state index contributed by atoms with van der Waals surface area (Å²) in [5, 5.41) is 7.96. The molecule has 1 fully saturated rings. The van der Waals surface area contributed by atoms with E-state index in [2.05, 4.69) is 27.4 Å². The summed E-state index contributed by atoms with van der Waals surface area (Å²) in [5.74, 6) is 0.348. The Labute approximate surface area is 154 Å². The molecule has 0 aliphatic carbocycles. The molecule has 1 aliphatic rings. The van der Waals surface area contributed by atoms with Crippen LogP contribution < -0.4 is 5.32 Å². The average molecular weight is 361 g/mol. The summed E-state index contributed by atoms with van der Waals surface area (Å²) in [6.45, 7) is 4.42. The largest absolute Gasteiger partial charge is 0.356 e. The molecule has 25 heavy (non-hydrogen) atoms. The molecule has 1 amide bonds. The number of nitrogens with one attached hydrogen (secondary N) is 1. The van der Waals surface area contributed by atoms with Crippen molar-refractivity contribution in [2.75, 3.05) is 26.2 Å². The van der Waals surface area contributed by atoms with E-state index in [1.807, 2.05) is 29.1 Å². The van der Waals surface area contributed by atoms with Crippen LogP contribution in [0.4, 0.5) is 0 Å². The van der Waals surface area contributed by atoms with Crippen LogP contribution in [0, 0.1) is 5.92 Å². The first-order valence-electron chi connectivity index (χ1n) is 8.92. The lowest BCUT2D eigenvalue weighted by molar-refractivity contribution is -0.126. The maximum Gasteiger partial charge on any atom is 0.223 e. The van der Waals surface area contributed by atoms with Crippen LogP contribution in [0.5, 0.6) is 0 Å². The lowest BCUT2D eigenvalue weighted by Gasteiger charge is -2.31. The Balaban J connectivity index is 1.33. The summed E-state index contributed by atoms with van der Waals surface area (Å²) in [6.07, 6.45) is 6.24. The molecule has 0 radical (unpaired) electrons. The topological polar surface area (TPSA) is 50.2 Å². The fraction of sp³-hybridized carbons (Fsp3) is 0.474. The van der Waals surface area contributed by atoms with E-state index >= 15 is 0 Å². The predicted molar refractivity (Wildman–Crippen MR) is 99.6 cm³/mol. The maximum atomic E-state index is 12.3. The monoisotopic (exact) mass is 360 g/mol. The Morgan fingerprint density at radius 1 is 1.20 bits per heavy atom. The highest BCUT2D eigenvalue weighted by Crippen LogP contribution is 2.17. The van der Waals surface area contributed by atoms with Gasteiger partial charge in [0.2, 0.25) is 5.91 Å². The van der Waals surface area contributed by atoms with Crippen molar-refractivity contribution in [1.29, 1.82) is 0 Å². The van der Waals surface area contributed by atoms with Crippen molar-refractivity contribution in [2.24, 2.45) is 5.92 Å². The standard InChI is InChI=1S/C19H25ClN4O/c20-18-14-22-24(15-18)13-12-23-10-7-17(8-11-23)19(25)21-9-6-16-4-2-1-3-5-16/h1-5,14-15,17H,6-13H2,(H,21,25). The van der Waals surface area contributed by atoms with Gasteiger partial charge in [-0.1, -0.05) is 41.9 Å². The third-order valence-corrected chi connectivity index (χ3v) is 4.96. The summed E-state index contributed by atoms with van der Waals surface area (Å²) < 4.78 is 1.87. The number of carbonyl (C=O) groups excluding carboxylic acids is 1. The van der Waals surface area contributed by atoms with Crippen molar-refractivity contribution in [2.45, 2.75) is 25.8 Å². The fourth-order valence-corrected chi connectivity index (χ4v) is 3.40. The zero-order chi connectivity index (χ0) is 17.5. The van der Waals surface area contributed by atoms with Crippen LogP contribution >= 0.6 is 11.6 Å². The minimum atomic E-state index is 0.145. The number of hydrogen-bond donors (Lipinski definition) is 1. The summed E-state index contributed by atoms with van der Waals surface area (Å²) in [5.41, 5.74) is 1.26. The molecule has 2 heterocycles. The van der Waals surface area contributed by atoms with E-state index in [0.717, 1.165) is 45.4 Å². The van der Waals surface area contributed by atoms with E-state index in [9.17, 15) is 4.79 Å². The molecule has 0 unspecified atom stereocenters. The minimum absolute atomic E-state index is 0.145. The van der Waals surface area contributed by atoms with Gasteiger partial charge >= 0.3 is 0 Å². The van der Waals surface area contributed by atoms with Crippen LogP contribution in [0.3, 0.4) is 0 Å². The zero-order valence-corrected chi connectivity index (χ0v) is 15.2. The lowest BCUT2D eigenvalue weighted by atomic mass is 9.96. The third-order valence-electron chi connectivity index (χ3n) is 4.76. The normalized spacial score (nSPS) is 16.0. The molecule has 5 nitrogen and oxygen atoms in total. The lowest BCUT2D eigenvalue weighted by Crippen LogP contribution is -2.41. The Kier molecular flexibility index (Phi) is 6.48. The van der Waals surface area contributed by atoms with Gasteiger partial charge in [0.1, 0.15) is 0 Å². The molecule has 1 aromatic heterocycles. The van der Waals surface area contributed by atoms with Crippen LogP contribution in [-0.2, 0) is 17.8 Å². The van der Waals surface area contributed by atoms with E-state index in [0.29, 0.717) is 11.6 Å². The number of carbonyl (C=O) groups is 1. The number of benzene rings is 1. The van der Waals surface area contributed by atoms with Crippen molar-refractivity contribution < 1.29 is 4.79 Å². The molecule has 3 rings (SSSR count). The molecule has 2 aromatic rings. The van der Waals surface area contributed by atoms with Crippen molar-refractivity contribution in [3.8, 4) is 0 Å². The first-order valence-corrected chi connectivity index (χ1v) is 9.30. The summed E-state index contributed by atoms with van der Waals surface area (Å²) >= 11 is 5.88. The smallest absolute Gasteiger partial charge is 0.223 e. The summed E-state index contributed by atoms with van der Waals surface area (Å²) in [4.78, 5) is 14.7. The van der Waals surface area contributed by atoms with Gasteiger partial charge in [-0.2, -0.15) is 5.10 Å².